The zero-order chi connectivity index (χ0) is 21.1. The number of carbonyl (C=O) groups is 3. The first-order valence-electron chi connectivity index (χ1n) is 8.33. The van der Waals surface area contributed by atoms with Gasteiger partial charge in [-0.25, -0.2) is 9.59 Å². The number of carboxylic acid groups (broad SMARTS) is 1. The third-order valence-electron chi connectivity index (χ3n) is 4.36. The van der Waals surface area contributed by atoms with Crippen LogP contribution in [-0.4, -0.2) is 67.2 Å². The van der Waals surface area contributed by atoms with Crippen molar-refractivity contribution >= 4 is 23.9 Å². The lowest BCUT2D eigenvalue weighted by atomic mass is 9.78. The first-order valence-corrected chi connectivity index (χ1v) is 8.33. The zero-order valence-corrected chi connectivity index (χ0v) is 14.9. The summed E-state index contributed by atoms with van der Waals surface area (Å²) in [6.07, 6.45) is -1.55. The third-order valence-corrected chi connectivity index (χ3v) is 4.36. The standard InChI is InChI=1S/C18H21NO9/c1-9(20)19-11-7-18(27,17(25)26)8-14(16(11)24)28-15(23)5-3-10-2-4-12(21)13(22)6-10/h2-6,11,14,16,21-22,24,27H,7-8H2,1H3,(H,19,20)(H,25,26)/b5-3+/t11?,14-,16+,18-/m0/s1. The maximum absolute atomic E-state index is 12.0. The van der Waals surface area contributed by atoms with Gasteiger partial charge in [-0.15, -0.1) is 0 Å². The fourth-order valence-corrected chi connectivity index (χ4v) is 2.96. The van der Waals surface area contributed by atoms with E-state index in [1.807, 2.05) is 0 Å². The number of hydrogen-bond donors (Lipinski definition) is 6. The number of aliphatic hydroxyl groups excluding tert-OH is 1. The van der Waals surface area contributed by atoms with Gasteiger partial charge in [-0.05, 0) is 23.8 Å². The molecular weight excluding hydrogens is 374 g/mol. The molecule has 0 aliphatic heterocycles. The Hall–Kier alpha value is -3.11. The van der Waals surface area contributed by atoms with Crippen molar-refractivity contribution in [2.75, 3.05) is 0 Å². The van der Waals surface area contributed by atoms with Gasteiger partial charge in [0.15, 0.2) is 17.1 Å². The van der Waals surface area contributed by atoms with Crippen LogP contribution in [-0.2, 0) is 19.1 Å². The summed E-state index contributed by atoms with van der Waals surface area (Å²) in [5.41, 5.74) is -1.92. The van der Waals surface area contributed by atoms with Crippen molar-refractivity contribution in [2.24, 2.45) is 0 Å². The van der Waals surface area contributed by atoms with Crippen LogP contribution in [0.3, 0.4) is 0 Å². The molecule has 28 heavy (non-hydrogen) atoms. The molecular formula is C18H21NO9. The second kappa shape index (κ2) is 8.28. The number of phenols is 2. The maximum atomic E-state index is 12.0. The SMILES string of the molecule is CC(=O)NC1C[C@@](O)(C(=O)O)C[C@H](OC(=O)/C=C/c2ccc(O)c(O)c2)[C@@H]1O. The van der Waals surface area contributed by atoms with Crippen LogP contribution in [0.15, 0.2) is 24.3 Å². The summed E-state index contributed by atoms with van der Waals surface area (Å²) in [5.74, 6) is -3.76. The van der Waals surface area contributed by atoms with Crippen molar-refractivity contribution in [3.8, 4) is 11.5 Å². The summed E-state index contributed by atoms with van der Waals surface area (Å²) >= 11 is 0. The van der Waals surface area contributed by atoms with Gasteiger partial charge in [-0.2, -0.15) is 0 Å². The largest absolute Gasteiger partial charge is 0.504 e. The Kier molecular flexibility index (Phi) is 6.26. The number of hydrogen-bond acceptors (Lipinski definition) is 8. The lowest BCUT2D eigenvalue weighted by Gasteiger charge is -2.41. The number of aliphatic hydroxyl groups is 2. The van der Waals surface area contributed by atoms with E-state index in [-0.39, 0.29) is 11.5 Å². The van der Waals surface area contributed by atoms with Gasteiger partial charge < -0.3 is 35.6 Å². The minimum absolute atomic E-state index is 0.331. The number of aliphatic carboxylic acids is 1. The van der Waals surface area contributed by atoms with E-state index >= 15 is 0 Å². The van der Waals surface area contributed by atoms with E-state index in [1.54, 1.807) is 0 Å². The number of phenolic OH excluding ortho intramolecular Hbond substituents is 2. The number of rotatable bonds is 5. The van der Waals surface area contributed by atoms with Gasteiger partial charge in [0.1, 0.15) is 12.2 Å². The molecule has 1 amide bonds. The highest BCUT2D eigenvalue weighted by molar-refractivity contribution is 5.87. The van der Waals surface area contributed by atoms with Crippen molar-refractivity contribution in [1.82, 2.24) is 5.32 Å². The Morgan fingerprint density at radius 3 is 2.46 bits per heavy atom. The predicted octanol–water partition coefficient (Wildman–Crippen LogP) is -0.502. The van der Waals surface area contributed by atoms with E-state index in [0.29, 0.717) is 5.56 Å². The molecule has 2 rings (SSSR count). The van der Waals surface area contributed by atoms with Gasteiger partial charge in [0.05, 0.1) is 6.04 Å². The number of ether oxygens (including phenoxy) is 1. The molecule has 4 atom stereocenters. The maximum Gasteiger partial charge on any atom is 0.335 e. The van der Waals surface area contributed by atoms with Crippen LogP contribution >= 0.6 is 0 Å². The second-order valence-electron chi connectivity index (χ2n) is 6.60. The van der Waals surface area contributed by atoms with Crippen LogP contribution < -0.4 is 5.32 Å². The van der Waals surface area contributed by atoms with E-state index in [9.17, 15) is 39.9 Å². The van der Waals surface area contributed by atoms with Crippen LogP contribution in [0.1, 0.15) is 25.3 Å². The molecule has 0 heterocycles. The summed E-state index contributed by atoms with van der Waals surface area (Å²) in [7, 11) is 0. The molecule has 0 saturated heterocycles. The van der Waals surface area contributed by atoms with Gasteiger partial charge in [-0.1, -0.05) is 6.07 Å². The number of carbonyl (C=O) groups excluding carboxylic acids is 2. The Morgan fingerprint density at radius 1 is 1.21 bits per heavy atom. The topological polar surface area (TPSA) is 174 Å². The van der Waals surface area contributed by atoms with Crippen molar-refractivity contribution in [3.05, 3.63) is 29.8 Å². The normalized spacial score (nSPS) is 27.3. The first kappa shape index (κ1) is 21.2. The van der Waals surface area contributed by atoms with E-state index in [2.05, 4.69) is 5.32 Å². The van der Waals surface area contributed by atoms with Gasteiger partial charge >= 0.3 is 11.9 Å². The van der Waals surface area contributed by atoms with E-state index < -0.39 is 54.5 Å². The molecule has 1 aliphatic carbocycles. The predicted molar refractivity (Wildman–Crippen MR) is 94.1 cm³/mol. The molecule has 1 fully saturated rings. The highest BCUT2D eigenvalue weighted by Gasteiger charge is 2.51. The molecule has 10 heteroatoms. The fourth-order valence-electron chi connectivity index (χ4n) is 2.96. The molecule has 0 aromatic heterocycles. The van der Waals surface area contributed by atoms with Crippen molar-refractivity contribution in [3.63, 3.8) is 0 Å². The minimum Gasteiger partial charge on any atom is -0.504 e. The lowest BCUT2D eigenvalue weighted by molar-refractivity contribution is -0.184. The summed E-state index contributed by atoms with van der Waals surface area (Å²) in [4.78, 5) is 34.7. The molecule has 0 radical (unpaired) electrons. The van der Waals surface area contributed by atoms with Crippen LogP contribution in [0.2, 0.25) is 0 Å². The van der Waals surface area contributed by atoms with E-state index in [1.165, 1.54) is 24.3 Å². The highest BCUT2D eigenvalue weighted by Crippen LogP contribution is 2.31. The average Bonchev–Trinajstić information content (AvgIpc) is 2.59. The fraction of sp³-hybridized carbons (Fsp3) is 0.389. The Labute approximate surface area is 159 Å². The number of benzene rings is 1. The van der Waals surface area contributed by atoms with Gasteiger partial charge in [-0.3, -0.25) is 4.79 Å². The summed E-state index contributed by atoms with van der Waals surface area (Å²) in [6, 6.07) is 2.72. The molecule has 6 N–H and O–H groups in total. The van der Waals surface area contributed by atoms with Crippen molar-refractivity contribution in [1.29, 1.82) is 0 Å². The monoisotopic (exact) mass is 395 g/mol. The molecule has 1 saturated carbocycles. The first-order chi connectivity index (χ1) is 13.0. The van der Waals surface area contributed by atoms with Crippen LogP contribution in [0.4, 0.5) is 0 Å². The number of carboxylic acids is 1. The Balaban J connectivity index is 2.13. The zero-order valence-electron chi connectivity index (χ0n) is 14.9. The van der Waals surface area contributed by atoms with E-state index in [4.69, 9.17) is 4.74 Å². The molecule has 0 spiro atoms. The van der Waals surface area contributed by atoms with Crippen LogP contribution in [0, 0.1) is 0 Å². The van der Waals surface area contributed by atoms with Crippen LogP contribution in [0.5, 0.6) is 11.5 Å². The number of esters is 1. The number of nitrogens with one attached hydrogen (secondary N) is 1. The minimum atomic E-state index is -2.29. The highest BCUT2D eigenvalue weighted by atomic mass is 16.6. The van der Waals surface area contributed by atoms with Gasteiger partial charge in [0, 0.05) is 25.8 Å². The van der Waals surface area contributed by atoms with Crippen LogP contribution in [0.25, 0.3) is 6.08 Å². The summed E-state index contributed by atoms with van der Waals surface area (Å²) < 4.78 is 5.07. The molecule has 1 unspecified atom stereocenters. The van der Waals surface area contributed by atoms with Crippen molar-refractivity contribution < 1.29 is 44.7 Å². The van der Waals surface area contributed by atoms with Gasteiger partial charge in [0.25, 0.3) is 0 Å². The second-order valence-corrected chi connectivity index (χ2v) is 6.60. The molecule has 10 nitrogen and oxygen atoms in total. The summed E-state index contributed by atoms with van der Waals surface area (Å²) in [6.45, 7) is 1.16. The Bertz CT molecular complexity index is 806. The Morgan fingerprint density at radius 2 is 1.89 bits per heavy atom. The summed E-state index contributed by atoms with van der Waals surface area (Å²) in [5, 5.41) is 50.8. The van der Waals surface area contributed by atoms with E-state index in [0.717, 1.165) is 13.0 Å². The lowest BCUT2D eigenvalue weighted by Crippen LogP contribution is -2.61. The average molecular weight is 395 g/mol. The molecule has 0 bridgehead atoms. The third kappa shape index (κ3) is 4.99. The molecule has 1 aromatic rings. The molecule has 1 aliphatic rings. The quantitative estimate of drug-likeness (QED) is 0.218. The molecule has 1 aromatic carbocycles. The smallest absolute Gasteiger partial charge is 0.335 e. The number of amides is 1. The van der Waals surface area contributed by atoms with Gasteiger partial charge in [0.2, 0.25) is 5.91 Å². The number of aromatic hydroxyl groups is 2. The van der Waals surface area contributed by atoms with Crippen molar-refractivity contribution in [2.45, 2.75) is 43.6 Å². The molecule has 152 valence electrons.